The molecular formula is C19H16ClFN2O4. The number of ether oxygens (including phenoxy) is 2. The van der Waals surface area contributed by atoms with Crippen LogP contribution < -0.4 is 19.7 Å². The van der Waals surface area contributed by atoms with Crippen LogP contribution in [0.25, 0.3) is 0 Å². The topological polar surface area (TPSA) is 67.9 Å². The number of benzene rings is 2. The number of hydrogen-bond acceptors (Lipinski definition) is 4. The van der Waals surface area contributed by atoms with Crippen molar-refractivity contribution >= 4 is 34.8 Å². The summed E-state index contributed by atoms with van der Waals surface area (Å²) in [6, 6.07) is 9.21. The lowest BCUT2D eigenvalue weighted by molar-refractivity contribution is -0.122. The number of halogens is 2. The highest BCUT2D eigenvalue weighted by atomic mass is 35.5. The Morgan fingerprint density at radius 3 is 2.70 bits per heavy atom. The average Bonchev–Trinajstić information content (AvgIpc) is 3.06. The maximum Gasteiger partial charge on any atom is 0.229 e. The van der Waals surface area contributed by atoms with Crippen LogP contribution in [0.2, 0.25) is 5.02 Å². The third-order valence-electron chi connectivity index (χ3n) is 4.52. The Kier molecular flexibility index (Phi) is 4.61. The van der Waals surface area contributed by atoms with E-state index in [1.807, 2.05) is 0 Å². The first-order valence-corrected chi connectivity index (χ1v) is 8.85. The van der Waals surface area contributed by atoms with Gasteiger partial charge in [0, 0.05) is 30.4 Å². The normalized spacial score (nSPS) is 18.5. The summed E-state index contributed by atoms with van der Waals surface area (Å²) in [5, 5.41) is 2.61. The number of hydrogen-bond donors (Lipinski definition) is 1. The summed E-state index contributed by atoms with van der Waals surface area (Å²) in [4.78, 5) is 26.5. The van der Waals surface area contributed by atoms with Gasteiger partial charge in [0.2, 0.25) is 11.8 Å². The van der Waals surface area contributed by atoms with Gasteiger partial charge in [-0.2, -0.15) is 0 Å². The predicted octanol–water partition coefficient (Wildman–Crippen LogP) is 3.24. The van der Waals surface area contributed by atoms with Crippen molar-refractivity contribution in [2.75, 3.05) is 30.0 Å². The van der Waals surface area contributed by atoms with Crippen LogP contribution in [0.5, 0.6) is 11.5 Å². The van der Waals surface area contributed by atoms with Crippen molar-refractivity contribution in [1.82, 2.24) is 0 Å². The maximum absolute atomic E-state index is 13.2. The first-order valence-electron chi connectivity index (χ1n) is 8.47. The van der Waals surface area contributed by atoms with Crippen LogP contribution in [0, 0.1) is 11.7 Å². The Morgan fingerprint density at radius 2 is 1.93 bits per heavy atom. The van der Waals surface area contributed by atoms with E-state index in [1.165, 1.54) is 18.2 Å². The van der Waals surface area contributed by atoms with Crippen molar-refractivity contribution < 1.29 is 23.5 Å². The first-order chi connectivity index (χ1) is 13.0. The van der Waals surface area contributed by atoms with Crippen LogP contribution in [-0.2, 0) is 9.59 Å². The van der Waals surface area contributed by atoms with Crippen LogP contribution in [0.4, 0.5) is 15.8 Å². The Labute approximate surface area is 159 Å². The second-order valence-electron chi connectivity index (χ2n) is 6.35. The number of carbonyl (C=O) groups excluding carboxylic acids is 2. The summed E-state index contributed by atoms with van der Waals surface area (Å²) < 4.78 is 24.3. The SMILES string of the molecule is O=C(Nc1ccc(F)c(Cl)c1)[C@@H]1CC(=O)N(c2ccc3c(c2)OCCO3)C1. The molecule has 2 heterocycles. The molecule has 0 saturated carbocycles. The molecule has 2 aliphatic heterocycles. The molecule has 1 atom stereocenters. The highest BCUT2D eigenvalue weighted by Crippen LogP contribution is 2.36. The Hall–Kier alpha value is -2.80. The van der Waals surface area contributed by atoms with E-state index < -0.39 is 11.7 Å². The van der Waals surface area contributed by atoms with Crippen LogP contribution >= 0.6 is 11.6 Å². The fourth-order valence-electron chi connectivity index (χ4n) is 3.15. The van der Waals surface area contributed by atoms with Crippen LogP contribution in [0.15, 0.2) is 36.4 Å². The molecule has 140 valence electrons. The van der Waals surface area contributed by atoms with Gasteiger partial charge < -0.3 is 19.7 Å². The minimum atomic E-state index is -0.560. The number of amides is 2. The van der Waals surface area contributed by atoms with Gasteiger partial charge in [0.15, 0.2) is 11.5 Å². The molecular weight excluding hydrogens is 375 g/mol. The molecule has 2 aromatic carbocycles. The van der Waals surface area contributed by atoms with Gasteiger partial charge in [-0.15, -0.1) is 0 Å². The van der Waals surface area contributed by atoms with E-state index in [0.717, 1.165) is 0 Å². The highest BCUT2D eigenvalue weighted by Gasteiger charge is 2.35. The minimum absolute atomic E-state index is 0.0757. The minimum Gasteiger partial charge on any atom is -0.486 e. The van der Waals surface area contributed by atoms with Crippen LogP contribution in [0.3, 0.4) is 0 Å². The van der Waals surface area contributed by atoms with E-state index in [1.54, 1.807) is 23.1 Å². The Balaban J connectivity index is 1.47. The molecule has 2 aliphatic rings. The summed E-state index contributed by atoms with van der Waals surface area (Å²) in [5.41, 5.74) is 1.04. The molecule has 0 radical (unpaired) electrons. The molecule has 8 heteroatoms. The fraction of sp³-hybridized carbons (Fsp3) is 0.263. The van der Waals surface area contributed by atoms with Gasteiger partial charge in [0.05, 0.1) is 10.9 Å². The number of rotatable bonds is 3. The number of nitrogens with zero attached hydrogens (tertiary/aromatic N) is 1. The van der Waals surface area contributed by atoms with Crippen molar-refractivity contribution in [1.29, 1.82) is 0 Å². The third kappa shape index (κ3) is 3.55. The maximum atomic E-state index is 13.2. The molecule has 4 rings (SSSR count). The fourth-order valence-corrected chi connectivity index (χ4v) is 3.33. The number of anilines is 2. The van der Waals surface area contributed by atoms with E-state index in [2.05, 4.69) is 5.32 Å². The van der Waals surface area contributed by atoms with E-state index in [4.69, 9.17) is 21.1 Å². The number of nitrogens with one attached hydrogen (secondary N) is 1. The van der Waals surface area contributed by atoms with Crippen molar-refractivity contribution in [3.8, 4) is 11.5 Å². The molecule has 0 unspecified atom stereocenters. The van der Waals surface area contributed by atoms with E-state index in [9.17, 15) is 14.0 Å². The summed E-state index contributed by atoms with van der Waals surface area (Å²) in [6.45, 7) is 1.19. The van der Waals surface area contributed by atoms with Gasteiger partial charge in [-0.05, 0) is 30.3 Å². The molecule has 27 heavy (non-hydrogen) atoms. The predicted molar refractivity (Wildman–Crippen MR) is 97.9 cm³/mol. The lowest BCUT2D eigenvalue weighted by Gasteiger charge is -2.22. The third-order valence-corrected chi connectivity index (χ3v) is 4.81. The van der Waals surface area contributed by atoms with Crippen LogP contribution in [0.1, 0.15) is 6.42 Å². The summed E-state index contributed by atoms with van der Waals surface area (Å²) in [7, 11) is 0. The zero-order valence-corrected chi connectivity index (χ0v) is 15.0. The van der Waals surface area contributed by atoms with Crippen molar-refractivity contribution in [2.45, 2.75) is 6.42 Å². The molecule has 0 spiro atoms. The molecule has 0 aromatic heterocycles. The van der Waals surface area contributed by atoms with E-state index in [-0.39, 0.29) is 29.8 Å². The largest absolute Gasteiger partial charge is 0.486 e. The van der Waals surface area contributed by atoms with E-state index >= 15 is 0 Å². The summed E-state index contributed by atoms with van der Waals surface area (Å²) in [5.74, 6) is -0.320. The zero-order valence-electron chi connectivity index (χ0n) is 14.2. The van der Waals surface area contributed by atoms with Gasteiger partial charge in [-0.25, -0.2) is 4.39 Å². The summed E-state index contributed by atoms with van der Waals surface area (Å²) in [6.07, 6.45) is 0.0925. The molecule has 1 N–H and O–H groups in total. The molecule has 1 fully saturated rings. The Bertz CT molecular complexity index is 921. The monoisotopic (exact) mass is 390 g/mol. The molecule has 0 bridgehead atoms. The van der Waals surface area contributed by atoms with Gasteiger partial charge in [-0.1, -0.05) is 11.6 Å². The second kappa shape index (κ2) is 7.08. The first kappa shape index (κ1) is 17.6. The number of carbonyl (C=O) groups is 2. The van der Waals surface area contributed by atoms with Crippen molar-refractivity contribution in [3.63, 3.8) is 0 Å². The average molecular weight is 391 g/mol. The number of fused-ring (bicyclic) bond motifs is 1. The second-order valence-corrected chi connectivity index (χ2v) is 6.76. The molecule has 1 saturated heterocycles. The lowest BCUT2D eigenvalue weighted by Crippen LogP contribution is -2.28. The summed E-state index contributed by atoms with van der Waals surface area (Å²) >= 11 is 5.73. The Morgan fingerprint density at radius 1 is 1.15 bits per heavy atom. The zero-order chi connectivity index (χ0) is 19.0. The van der Waals surface area contributed by atoms with Gasteiger partial charge >= 0.3 is 0 Å². The molecule has 0 aliphatic carbocycles. The highest BCUT2D eigenvalue weighted by molar-refractivity contribution is 6.31. The van der Waals surface area contributed by atoms with Crippen LogP contribution in [-0.4, -0.2) is 31.6 Å². The smallest absolute Gasteiger partial charge is 0.229 e. The van der Waals surface area contributed by atoms with E-state index in [0.29, 0.717) is 36.1 Å². The molecule has 2 aromatic rings. The lowest BCUT2D eigenvalue weighted by atomic mass is 10.1. The molecule has 6 nitrogen and oxygen atoms in total. The molecule has 2 amide bonds. The van der Waals surface area contributed by atoms with Gasteiger partial charge in [0.1, 0.15) is 19.0 Å². The van der Waals surface area contributed by atoms with Crippen molar-refractivity contribution in [2.24, 2.45) is 5.92 Å². The van der Waals surface area contributed by atoms with Crippen molar-refractivity contribution in [3.05, 3.63) is 47.2 Å². The van der Waals surface area contributed by atoms with Gasteiger partial charge in [-0.3, -0.25) is 9.59 Å². The standard InChI is InChI=1S/C19H16ClFN2O4/c20-14-8-12(1-3-15(14)21)22-19(25)11-7-18(24)23(10-11)13-2-4-16-17(9-13)27-6-5-26-16/h1-4,8-9,11H,5-7,10H2,(H,22,25)/t11-/m1/s1. The van der Waals surface area contributed by atoms with Gasteiger partial charge in [0.25, 0.3) is 0 Å². The quantitative estimate of drug-likeness (QED) is 0.873.